The topological polar surface area (TPSA) is 67.5 Å². The van der Waals surface area contributed by atoms with Gasteiger partial charge in [-0.3, -0.25) is 14.2 Å². The zero-order valence-electron chi connectivity index (χ0n) is 12.6. The van der Waals surface area contributed by atoms with Crippen LogP contribution in [0.15, 0.2) is 41.2 Å². The summed E-state index contributed by atoms with van der Waals surface area (Å²) in [5.74, 6) is 0.0123. The van der Waals surface area contributed by atoms with Crippen molar-refractivity contribution in [1.29, 1.82) is 0 Å². The summed E-state index contributed by atoms with van der Waals surface area (Å²) in [4.78, 5) is 21.1. The monoisotopic (exact) mass is 295 g/mol. The van der Waals surface area contributed by atoms with E-state index in [2.05, 4.69) is 9.97 Å². The van der Waals surface area contributed by atoms with E-state index in [0.29, 0.717) is 24.2 Å². The third kappa shape index (κ3) is 2.70. The van der Waals surface area contributed by atoms with E-state index in [1.165, 1.54) is 10.5 Å². The van der Waals surface area contributed by atoms with E-state index >= 15 is 0 Å². The molecule has 3 aromatic rings. The molecule has 0 atom stereocenters. The van der Waals surface area contributed by atoms with Crippen LogP contribution in [0.4, 0.5) is 0 Å². The molecule has 0 radical (unpaired) electrons. The van der Waals surface area contributed by atoms with Crippen LogP contribution in [-0.2, 0) is 12.8 Å². The van der Waals surface area contributed by atoms with Gasteiger partial charge in [-0.25, -0.2) is 4.98 Å². The fraction of sp³-hybridized carbons (Fsp3) is 0.235. The normalized spacial score (nSPS) is 11.0. The highest BCUT2D eigenvalue weighted by Gasteiger charge is 2.09. The Labute approximate surface area is 127 Å². The summed E-state index contributed by atoms with van der Waals surface area (Å²) >= 11 is 0. The number of nitrogens with zero attached hydrogens (tertiary/aromatic N) is 3. The molecule has 0 aliphatic carbocycles. The second-order valence-corrected chi connectivity index (χ2v) is 5.37. The van der Waals surface area contributed by atoms with Gasteiger partial charge in [0, 0.05) is 28.8 Å². The summed E-state index contributed by atoms with van der Waals surface area (Å²) in [6.07, 6.45) is 1.31. The van der Waals surface area contributed by atoms with Crippen LogP contribution in [0.1, 0.15) is 22.8 Å². The van der Waals surface area contributed by atoms with Gasteiger partial charge >= 0.3 is 0 Å². The van der Waals surface area contributed by atoms with Gasteiger partial charge in [0.05, 0.1) is 0 Å². The first-order valence-corrected chi connectivity index (χ1v) is 7.18. The predicted octanol–water partition coefficient (Wildman–Crippen LogP) is 2.20. The smallest absolute Gasteiger partial charge is 0.258 e. The largest absolute Gasteiger partial charge is 0.504 e. The SMILES string of the molecule is Cc1cccc(CCc2cc(=O)n3c(C)ccc(O)c3n2)n1. The molecule has 5 heteroatoms. The Kier molecular flexibility index (Phi) is 3.63. The van der Waals surface area contributed by atoms with Crippen LogP contribution < -0.4 is 5.56 Å². The standard InChI is InChI=1S/C17H17N3O2/c1-11-4-3-5-13(18-11)7-8-14-10-16(22)20-12(2)6-9-15(21)17(20)19-14/h3-6,9-10,21H,7-8H2,1-2H3. The molecule has 3 aromatic heterocycles. The quantitative estimate of drug-likeness (QED) is 0.804. The van der Waals surface area contributed by atoms with Crippen molar-refractivity contribution in [2.24, 2.45) is 0 Å². The summed E-state index contributed by atoms with van der Waals surface area (Å²) in [6.45, 7) is 3.76. The lowest BCUT2D eigenvalue weighted by Crippen LogP contribution is -2.18. The Bertz CT molecular complexity index is 900. The molecule has 0 unspecified atom stereocenters. The highest BCUT2D eigenvalue weighted by atomic mass is 16.3. The molecule has 22 heavy (non-hydrogen) atoms. The van der Waals surface area contributed by atoms with Crippen molar-refractivity contribution in [2.45, 2.75) is 26.7 Å². The summed E-state index contributed by atoms with van der Waals surface area (Å²) in [7, 11) is 0. The molecule has 3 heterocycles. The molecule has 5 nitrogen and oxygen atoms in total. The van der Waals surface area contributed by atoms with Gasteiger partial charge in [0.1, 0.15) is 0 Å². The van der Waals surface area contributed by atoms with E-state index < -0.39 is 0 Å². The fourth-order valence-corrected chi connectivity index (χ4v) is 2.51. The van der Waals surface area contributed by atoms with E-state index in [-0.39, 0.29) is 11.3 Å². The molecular weight excluding hydrogens is 278 g/mol. The Hall–Kier alpha value is -2.69. The van der Waals surface area contributed by atoms with Gasteiger partial charge in [-0.2, -0.15) is 0 Å². The number of rotatable bonds is 3. The van der Waals surface area contributed by atoms with Crippen LogP contribution >= 0.6 is 0 Å². The van der Waals surface area contributed by atoms with Crippen LogP contribution in [0.2, 0.25) is 0 Å². The van der Waals surface area contributed by atoms with Crippen molar-refractivity contribution >= 4 is 5.65 Å². The lowest BCUT2D eigenvalue weighted by atomic mass is 10.1. The third-order valence-electron chi connectivity index (χ3n) is 3.62. The summed E-state index contributed by atoms with van der Waals surface area (Å²) in [5.41, 5.74) is 3.48. The molecule has 0 amide bonds. The molecule has 0 spiro atoms. The number of aryl methyl sites for hydroxylation is 4. The number of aromatic hydroxyl groups is 1. The third-order valence-corrected chi connectivity index (χ3v) is 3.62. The molecular formula is C17H17N3O2. The predicted molar refractivity (Wildman–Crippen MR) is 84.2 cm³/mol. The van der Waals surface area contributed by atoms with Crippen LogP contribution in [0.5, 0.6) is 5.75 Å². The molecule has 0 saturated carbocycles. The maximum Gasteiger partial charge on any atom is 0.258 e. The average molecular weight is 295 g/mol. The van der Waals surface area contributed by atoms with Gasteiger partial charge in [-0.05, 0) is 51.0 Å². The fourth-order valence-electron chi connectivity index (χ4n) is 2.51. The second-order valence-electron chi connectivity index (χ2n) is 5.37. The number of pyridine rings is 2. The first-order valence-electron chi connectivity index (χ1n) is 7.18. The second kappa shape index (κ2) is 5.60. The van der Waals surface area contributed by atoms with E-state index in [1.54, 1.807) is 12.1 Å². The summed E-state index contributed by atoms with van der Waals surface area (Å²) < 4.78 is 1.42. The number of fused-ring (bicyclic) bond motifs is 1. The Morgan fingerprint density at radius 1 is 1.05 bits per heavy atom. The van der Waals surface area contributed by atoms with Gasteiger partial charge in [0.25, 0.3) is 5.56 Å². The van der Waals surface area contributed by atoms with Gasteiger partial charge in [-0.1, -0.05) is 6.07 Å². The van der Waals surface area contributed by atoms with Crippen LogP contribution in [0, 0.1) is 13.8 Å². The summed E-state index contributed by atoms with van der Waals surface area (Å²) in [5, 5.41) is 9.93. The highest BCUT2D eigenvalue weighted by molar-refractivity contribution is 5.53. The van der Waals surface area contributed by atoms with Crippen LogP contribution in [0.3, 0.4) is 0 Å². The van der Waals surface area contributed by atoms with E-state index in [1.807, 2.05) is 32.0 Å². The minimum absolute atomic E-state index is 0.0123. The van der Waals surface area contributed by atoms with Crippen molar-refractivity contribution < 1.29 is 5.11 Å². The minimum atomic E-state index is -0.175. The van der Waals surface area contributed by atoms with E-state index in [0.717, 1.165) is 17.1 Å². The zero-order valence-corrected chi connectivity index (χ0v) is 12.6. The van der Waals surface area contributed by atoms with Crippen molar-refractivity contribution in [3.05, 3.63) is 69.5 Å². The molecule has 0 saturated heterocycles. The molecule has 1 N–H and O–H groups in total. The number of aromatic nitrogens is 3. The van der Waals surface area contributed by atoms with Crippen molar-refractivity contribution in [1.82, 2.24) is 14.4 Å². The minimum Gasteiger partial charge on any atom is -0.504 e. The first kappa shape index (κ1) is 14.3. The molecule has 0 bridgehead atoms. The van der Waals surface area contributed by atoms with Crippen LogP contribution in [-0.4, -0.2) is 19.5 Å². The van der Waals surface area contributed by atoms with Crippen molar-refractivity contribution in [3.63, 3.8) is 0 Å². The number of hydrogen-bond donors (Lipinski definition) is 1. The van der Waals surface area contributed by atoms with Crippen molar-refractivity contribution in [2.75, 3.05) is 0 Å². The van der Waals surface area contributed by atoms with E-state index in [9.17, 15) is 9.90 Å². The maximum absolute atomic E-state index is 12.2. The Balaban J connectivity index is 1.95. The molecule has 0 fully saturated rings. The average Bonchev–Trinajstić information content (AvgIpc) is 2.49. The number of hydrogen-bond acceptors (Lipinski definition) is 4. The van der Waals surface area contributed by atoms with Gasteiger partial charge in [0.2, 0.25) is 0 Å². The first-order chi connectivity index (χ1) is 10.5. The lowest BCUT2D eigenvalue weighted by molar-refractivity contribution is 0.476. The lowest BCUT2D eigenvalue weighted by Gasteiger charge is -2.08. The molecule has 112 valence electrons. The van der Waals surface area contributed by atoms with Gasteiger partial charge < -0.3 is 5.11 Å². The van der Waals surface area contributed by atoms with Gasteiger partial charge in [0.15, 0.2) is 11.4 Å². The van der Waals surface area contributed by atoms with Gasteiger partial charge in [-0.15, -0.1) is 0 Å². The maximum atomic E-state index is 12.2. The molecule has 0 aliphatic rings. The van der Waals surface area contributed by atoms with Crippen molar-refractivity contribution in [3.8, 4) is 5.75 Å². The van der Waals surface area contributed by atoms with Crippen LogP contribution in [0.25, 0.3) is 5.65 Å². The zero-order chi connectivity index (χ0) is 15.7. The molecule has 0 aromatic carbocycles. The summed E-state index contributed by atoms with van der Waals surface area (Å²) in [6, 6.07) is 10.7. The highest BCUT2D eigenvalue weighted by Crippen LogP contribution is 2.16. The Morgan fingerprint density at radius 3 is 2.59 bits per heavy atom. The Morgan fingerprint density at radius 2 is 1.82 bits per heavy atom. The molecule has 0 aliphatic heterocycles. The molecule has 3 rings (SSSR count). The van der Waals surface area contributed by atoms with E-state index in [4.69, 9.17) is 0 Å².